The van der Waals surface area contributed by atoms with Gasteiger partial charge in [0.1, 0.15) is 0 Å². The number of carbonyl (C=O) groups is 1. The lowest BCUT2D eigenvalue weighted by Crippen LogP contribution is -2.26. The Morgan fingerprint density at radius 1 is 1.35 bits per heavy atom. The number of halogens is 1. The highest BCUT2D eigenvalue weighted by Gasteiger charge is 2.24. The van der Waals surface area contributed by atoms with Crippen LogP contribution in [0.5, 0.6) is 0 Å². The van der Waals surface area contributed by atoms with E-state index in [1.165, 1.54) is 0 Å². The SMILES string of the molecule is CCOC(Cc1cccc(C2=NOC(c3ccc(Br)cc3)C2)c1)C(=O)O. The second-order valence-corrected chi connectivity index (χ2v) is 6.99. The number of nitrogens with zero attached hydrogens (tertiary/aromatic N) is 1. The summed E-state index contributed by atoms with van der Waals surface area (Å²) in [7, 11) is 0. The van der Waals surface area contributed by atoms with Crippen molar-refractivity contribution in [2.75, 3.05) is 6.61 Å². The van der Waals surface area contributed by atoms with Gasteiger partial charge >= 0.3 is 5.97 Å². The molecule has 0 saturated heterocycles. The highest BCUT2D eigenvalue weighted by molar-refractivity contribution is 9.10. The Hall–Kier alpha value is -2.18. The molecule has 5 nitrogen and oxygen atoms in total. The first-order valence-electron chi connectivity index (χ1n) is 8.48. The molecular weight excluding hydrogens is 398 g/mol. The maximum atomic E-state index is 11.3. The van der Waals surface area contributed by atoms with Gasteiger partial charge in [0, 0.05) is 23.9 Å². The fourth-order valence-corrected chi connectivity index (χ4v) is 3.18. The summed E-state index contributed by atoms with van der Waals surface area (Å²) in [5, 5.41) is 13.5. The van der Waals surface area contributed by atoms with Gasteiger partial charge in [-0.25, -0.2) is 4.79 Å². The minimum Gasteiger partial charge on any atom is -0.479 e. The molecule has 0 aliphatic carbocycles. The standard InChI is InChI=1S/C20H20BrNO4/c1-2-25-19(20(23)24)11-13-4-3-5-15(10-13)17-12-18(26-22-17)14-6-8-16(21)9-7-14/h3-10,18-19H,2,11-12H2,1H3,(H,23,24). The molecule has 0 spiro atoms. The molecule has 136 valence electrons. The van der Waals surface area contributed by atoms with Crippen molar-refractivity contribution in [2.45, 2.75) is 32.0 Å². The third kappa shape index (κ3) is 4.51. The Balaban J connectivity index is 1.70. The van der Waals surface area contributed by atoms with E-state index in [9.17, 15) is 9.90 Å². The Labute approximate surface area is 160 Å². The van der Waals surface area contributed by atoms with Gasteiger partial charge in [-0.15, -0.1) is 0 Å². The fraction of sp³-hybridized carbons (Fsp3) is 0.300. The van der Waals surface area contributed by atoms with Gasteiger partial charge in [-0.1, -0.05) is 51.4 Å². The van der Waals surface area contributed by atoms with Gasteiger partial charge < -0.3 is 14.7 Å². The highest BCUT2D eigenvalue weighted by atomic mass is 79.9. The van der Waals surface area contributed by atoms with Crippen LogP contribution in [0.3, 0.4) is 0 Å². The summed E-state index contributed by atoms with van der Waals surface area (Å²) < 4.78 is 6.32. The second-order valence-electron chi connectivity index (χ2n) is 6.07. The Morgan fingerprint density at radius 3 is 2.81 bits per heavy atom. The summed E-state index contributed by atoms with van der Waals surface area (Å²) in [5.41, 5.74) is 3.79. The Morgan fingerprint density at radius 2 is 2.12 bits per heavy atom. The van der Waals surface area contributed by atoms with Crippen molar-refractivity contribution in [3.63, 3.8) is 0 Å². The van der Waals surface area contributed by atoms with Crippen LogP contribution in [0.1, 0.15) is 36.1 Å². The van der Waals surface area contributed by atoms with E-state index in [2.05, 4.69) is 21.1 Å². The average Bonchev–Trinajstić information content (AvgIpc) is 3.12. The van der Waals surface area contributed by atoms with Gasteiger partial charge in [-0.05, 0) is 41.8 Å². The number of carboxylic acids is 1. The van der Waals surface area contributed by atoms with E-state index in [4.69, 9.17) is 9.57 Å². The van der Waals surface area contributed by atoms with Crippen molar-refractivity contribution in [1.29, 1.82) is 0 Å². The lowest BCUT2D eigenvalue weighted by Gasteiger charge is -2.13. The fourth-order valence-electron chi connectivity index (χ4n) is 2.91. The van der Waals surface area contributed by atoms with Crippen LogP contribution in [0.25, 0.3) is 0 Å². The van der Waals surface area contributed by atoms with Crippen LogP contribution in [0.2, 0.25) is 0 Å². The maximum absolute atomic E-state index is 11.3. The molecule has 1 heterocycles. The van der Waals surface area contributed by atoms with Gasteiger partial charge in [-0.3, -0.25) is 0 Å². The topological polar surface area (TPSA) is 68.1 Å². The predicted octanol–water partition coefficient (Wildman–Crippen LogP) is 4.35. The predicted molar refractivity (Wildman–Crippen MR) is 102 cm³/mol. The quantitative estimate of drug-likeness (QED) is 0.726. The lowest BCUT2D eigenvalue weighted by atomic mass is 9.97. The molecule has 2 aromatic carbocycles. The number of oxime groups is 1. The number of hydrogen-bond donors (Lipinski definition) is 1. The first-order chi connectivity index (χ1) is 12.6. The minimum absolute atomic E-state index is 0.100. The summed E-state index contributed by atoms with van der Waals surface area (Å²) in [6, 6.07) is 15.7. The number of hydrogen-bond acceptors (Lipinski definition) is 4. The number of aliphatic carboxylic acids is 1. The molecule has 1 N–H and O–H groups in total. The zero-order valence-corrected chi connectivity index (χ0v) is 16.0. The van der Waals surface area contributed by atoms with Gasteiger partial charge in [0.15, 0.2) is 12.2 Å². The molecule has 0 saturated carbocycles. The van der Waals surface area contributed by atoms with Gasteiger partial charge in [0.25, 0.3) is 0 Å². The number of rotatable bonds is 7. The molecular formula is C20H20BrNO4. The number of benzene rings is 2. The summed E-state index contributed by atoms with van der Waals surface area (Å²) in [6.45, 7) is 2.16. The molecule has 0 amide bonds. The zero-order valence-electron chi connectivity index (χ0n) is 14.4. The first-order valence-corrected chi connectivity index (χ1v) is 9.28. The van der Waals surface area contributed by atoms with Crippen LogP contribution in [0.4, 0.5) is 0 Å². The van der Waals surface area contributed by atoms with E-state index < -0.39 is 12.1 Å². The molecule has 2 atom stereocenters. The summed E-state index contributed by atoms with van der Waals surface area (Å²) in [5.74, 6) is -0.950. The van der Waals surface area contributed by atoms with E-state index >= 15 is 0 Å². The first kappa shape index (κ1) is 18.6. The molecule has 6 heteroatoms. The summed E-state index contributed by atoms with van der Waals surface area (Å²) >= 11 is 3.43. The van der Waals surface area contributed by atoms with E-state index in [0.29, 0.717) is 19.4 Å². The number of ether oxygens (including phenoxy) is 1. The van der Waals surface area contributed by atoms with Gasteiger partial charge in [0.05, 0.1) is 5.71 Å². The van der Waals surface area contributed by atoms with E-state index in [-0.39, 0.29) is 6.10 Å². The molecule has 0 aromatic heterocycles. The molecule has 1 aliphatic rings. The normalized spacial score (nSPS) is 17.5. The van der Waals surface area contributed by atoms with E-state index in [0.717, 1.165) is 26.9 Å². The average molecular weight is 418 g/mol. The van der Waals surface area contributed by atoms with Crippen LogP contribution in [0.15, 0.2) is 58.2 Å². The van der Waals surface area contributed by atoms with Gasteiger partial charge in [-0.2, -0.15) is 0 Å². The third-order valence-corrected chi connectivity index (χ3v) is 4.76. The van der Waals surface area contributed by atoms with Crippen LogP contribution in [-0.4, -0.2) is 29.5 Å². The Bertz CT molecular complexity index is 804. The van der Waals surface area contributed by atoms with Crippen molar-refractivity contribution in [3.8, 4) is 0 Å². The van der Waals surface area contributed by atoms with E-state index in [1.54, 1.807) is 6.92 Å². The molecule has 0 fully saturated rings. The molecule has 2 aromatic rings. The van der Waals surface area contributed by atoms with E-state index in [1.807, 2.05) is 48.5 Å². The van der Waals surface area contributed by atoms with Crippen LogP contribution < -0.4 is 0 Å². The molecule has 1 aliphatic heterocycles. The van der Waals surface area contributed by atoms with Crippen LogP contribution >= 0.6 is 15.9 Å². The summed E-state index contributed by atoms with van der Waals surface area (Å²) in [4.78, 5) is 16.9. The lowest BCUT2D eigenvalue weighted by molar-refractivity contribution is -0.149. The second kappa shape index (κ2) is 8.47. The minimum atomic E-state index is -0.950. The zero-order chi connectivity index (χ0) is 18.5. The Kier molecular flexibility index (Phi) is 6.06. The van der Waals surface area contributed by atoms with Crippen molar-refractivity contribution in [1.82, 2.24) is 0 Å². The van der Waals surface area contributed by atoms with Gasteiger partial charge in [0.2, 0.25) is 0 Å². The van der Waals surface area contributed by atoms with Crippen LogP contribution in [-0.2, 0) is 20.8 Å². The molecule has 2 unspecified atom stereocenters. The smallest absolute Gasteiger partial charge is 0.333 e. The summed E-state index contributed by atoms with van der Waals surface area (Å²) in [6.07, 6.45) is 0.0599. The monoisotopic (exact) mass is 417 g/mol. The van der Waals surface area contributed by atoms with Crippen molar-refractivity contribution in [2.24, 2.45) is 5.16 Å². The molecule has 0 bridgehead atoms. The van der Waals surface area contributed by atoms with Crippen molar-refractivity contribution < 1.29 is 19.5 Å². The third-order valence-electron chi connectivity index (χ3n) is 4.24. The molecule has 0 radical (unpaired) electrons. The van der Waals surface area contributed by atoms with Crippen molar-refractivity contribution >= 4 is 27.6 Å². The highest BCUT2D eigenvalue weighted by Crippen LogP contribution is 2.30. The van der Waals surface area contributed by atoms with Crippen LogP contribution in [0, 0.1) is 0 Å². The maximum Gasteiger partial charge on any atom is 0.333 e. The van der Waals surface area contributed by atoms with Crippen molar-refractivity contribution in [3.05, 3.63) is 69.7 Å². The molecule has 26 heavy (non-hydrogen) atoms. The molecule has 3 rings (SSSR count). The number of carboxylic acid groups (broad SMARTS) is 1. The largest absolute Gasteiger partial charge is 0.479 e.